The molecule has 0 aliphatic rings. The summed E-state index contributed by atoms with van der Waals surface area (Å²) in [6.45, 7) is 5.41. The Kier molecular flexibility index (Phi) is 6.44. The van der Waals surface area contributed by atoms with Gasteiger partial charge in [0.25, 0.3) is 0 Å². The van der Waals surface area contributed by atoms with Crippen molar-refractivity contribution < 1.29 is 4.79 Å². The van der Waals surface area contributed by atoms with Gasteiger partial charge >= 0.3 is 0 Å². The lowest BCUT2D eigenvalue weighted by atomic mass is 10.1. The highest BCUT2D eigenvalue weighted by atomic mass is 16.2. The number of nitrogens with two attached hydrogens (primary N) is 1. The highest BCUT2D eigenvalue weighted by Crippen LogP contribution is 2.11. The van der Waals surface area contributed by atoms with E-state index in [9.17, 15) is 4.79 Å². The van der Waals surface area contributed by atoms with E-state index in [1.807, 2.05) is 35.2 Å². The molecule has 0 spiro atoms. The van der Waals surface area contributed by atoms with Crippen LogP contribution in [0.5, 0.6) is 0 Å². The Hall–Kier alpha value is -1.35. The number of hydrogen-bond acceptors (Lipinski definition) is 2. The lowest BCUT2D eigenvalue weighted by Gasteiger charge is -2.30. The number of nitrogens with zero attached hydrogens (tertiary/aromatic N) is 1. The minimum absolute atomic E-state index is 0.181. The molecular weight excluding hydrogens is 224 g/mol. The van der Waals surface area contributed by atoms with Crippen molar-refractivity contribution in [2.45, 2.75) is 39.2 Å². The number of carbonyl (C=O) groups excluding carboxylic acids is 1. The first-order valence-electron chi connectivity index (χ1n) is 6.76. The predicted molar refractivity (Wildman–Crippen MR) is 75.3 cm³/mol. The van der Waals surface area contributed by atoms with Gasteiger partial charge in [-0.1, -0.05) is 44.2 Å². The van der Waals surface area contributed by atoms with Gasteiger partial charge in [-0.2, -0.15) is 0 Å². The van der Waals surface area contributed by atoms with Gasteiger partial charge < -0.3 is 10.6 Å². The maximum absolute atomic E-state index is 12.3. The van der Waals surface area contributed by atoms with Crippen LogP contribution in [0.3, 0.4) is 0 Å². The van der Waals surface area contributed by atoms with Gasteiger partial charge in [0.05, 0.1) is 6.42 Å². The molecule has 0 saturated carbocycles. The van der Waals surface area contributed by atoms with Gasteiger partial charge in [0.2, 0.25) is 5.91 Å². The zero-order chi connectivity index (χ0) is 13.4. The SMILES string of the molecule is CCC(CC)N(CCN)C(=O)Cc1ccccc1. The summed E-state index contributed by atoms with van der Waals surface area (Å²) in [5, 5.41) is 0. The fraction of sp³-hybridized carbons (Fsp3) is 0.533. The largest absolute Gasteiger partial charge is 0.338 e. The second-order valence-electron chi connectivity index (χ2n) is 4.51. The maximum atomic E-state index is 12.3. The molecule has 0 heterocycles. The van der Waals surface area contributed by atoms with Gasteiger partial charge in [0.15, 0.2) is 0 Å². The molecule has 2 N–H and O–H groups in total. The van der Waals surface area contributed by atoms with Crippen molar-refractivity contribution in [3.05, 3.63) is 35.9 Å². The predicted octanol–water partition coefficient (Wildman–Crippen LogP) is 2.21. The van der Waals surface area contributed by atoms with Crippen LogP contribution in [-0.2, 0) is 11.2 Å². The summed E-state index contributed by atoms with van der Waals surface area (Å²) in [4.78, 5) is 14.3. The number of hydrogen-bond donors (Lipinski definition) is 1. The van der Waals surface area contributed by atoms with Crippen molar-refractivity contribution in [2.75, 3.05) is 13.1 Å². The molecular formula is C15H24N2O. The van der Waals surface area contributed by atoms with E-state index >= 15 is 0 Å². The molecule has 0 saturated heterocycles. The molecule has 100 valence electrons. The molecule has 0 aliphatic heterocycles. The summed E-state index contributed by atoms with van der Waals surface area (Å²) in [6, 6.07) is 10.2. The number of carbonyl (C=O) groups is 1. The molecule has 0 aromatic heterocycles. The average Bonchev–Trinajstić information content (AvgIpc) is 2.40. The van der Waals surface area contributed by atoms with Gasteiger partial charge in [-0.05, 0) is 18.4 Å². The molecule has 1 aromatic carbocycles. The van der Waals surface area contributed by atoms with Crippen LogP contribution in [0.1, 0.15) is 32.3 Å². The Morgan fingerprint density at radius 1 is 1.22 bits per heavy atom. The smallest absolute Gasteiger partial charge is 0.227 e. The zero-order valence-electron chi connectivity index (χ0n) is 11.4. The summed E-state index contributed by atoms with van der Waals surface area (Å²) in [5.74, 6) is 0.181. The van der Waals surface area contributed by atoms with Gasteiger partial charge in [0.1, 0.15) is 0 Å². The quantitative estimate of drug-likeness (QED) is 0.804. The van der Waals surface area contributed by atoms with E-state index in [1.54, 1.807) is 0 Å². The maximum Gasteiger partial charge on any atom is 0.227 e. The van der Waals surface area contributed by atoms with Gasteiger partial charge in [-0.15, -0.1) is 0 Å². The molecule has 0 fully saturated rings. The molecule has 3 heteroatoms. The standard InChI is InChI=1S/C15H24N2O/c1-3-14(4-2)17(11-10-16)15(18)12-13-8-6-5-7-9-13/h5-9,14H,3-4,10-12,16H2,1-2H3. The summed E-state index contributed by atoms with van der Waals surface area (Å²) in [5.41, 5.74) is 6.68. The van der Waals surface area contributed by atoms with Crippen LogP contribution in [0.2, 0.25) is 0 Å². The summed E-state index contributed by atoms with van der Waals surface area (Å²) in [6.07, 6.45) is 2.44. The van der Waals surface area contributed by atoms with Crippen molar-refractivity contribution in [3.63, 3.8) is 0 Å². The minimum Gasteiger partial charge on any atom is -0.338 e. The first-order chi connectivity index (χ1) is 8.72. The number of rotatable bonds is 7. The third-order valence-electron chi connectivity index (χ3n) is 3.27. The molecule has 0 unspecified atom stereocenters. The van der Waals surface area contributed by atoms with Gasteiger partial charge in [0, 0.05) is 19.1 Å². The molecule has 0 bridgehead atoms. The lowest BCUT2D eigenvalue weighted by Crippen LogP contribution is -2.43. The van der Waals surface area contributed by atoms with E-state index < -0.39 is 0 Å². The van der Waals surface area contributed by atoms with Crippen LogP contribution in [0.4, 0.5) is 0 Å². The molecule has 3 nitrogen and oxygen atoms in total. The van der Waals surface area contributed by atoms with E-state index in [1.165, 1.54) is 0 Å². The molecule has 0 atom stereocenters. The first-order valence-corrected chi connectivity index (χ1v) is 6.76. The van der Waals surface area contributed by atoms with Crippen LogP contribution in [-0.4, -0.2) is 29.9 Å². The van der Waals surface area contributed by atoms with Crippen molar-refractivity contribution >= 4 is 5.91 Å². The number of amides is 1. The fourth-order valence-corrected chi connectivity index (χ4v) is 2.25. The second-order valence-corrected chi connectivity index (χ2v) is 4.51. The molecule has 18 heavy (non-hydrogen) atoms. The summed E-state index contributed by atoms with van der Waals surface area (Å²) in [7, 11) is 0. The molecule has 1 aromatic rings. The number of benzene rings is 1. The molecule has 0 radical (unpaired) electrons. The lowest BCUT2D eigenvalue weighted by molar-refractivity contribution is -0.132. The van der Waals surface area contributed by atoms with E-state index in [4.69, 9.17) is 5.73 Å². The normalized spacial score (nSPS) is 10.7. The van der Waals surface area contributed by atoms with Crippen LogP contribution in [0.15, 0.2) is 30.3 Å². The van der Waals surface area contributed by atoms with Crippen molar-refractivity contribution in [1.29, 1.82) is 0 Å². The van der Waals surface area contributed by atoms with E-state index in [0.29, 0.717) is 25.6 Å². The van der Waals surface area contributed by atoms with Crippen LogP contribution < -0.4 is 5.73 Å². The van der Waals surface area contributed by atoms with Crippen molar-refractivity contribution in [2.24, 2.45) is 5.73 Å². The van der Waals surface area contributed by atoms with E-state index in [2.05, 4.69) is 13.8 Å². The molecule has 0 aliphatic carbocycles. The van der Waals surface area contributed by atoms with Gasteiger partial charge in [-0.3, -0.25) is 4.79 Å². The topological polar surface area (TPSA) is 46.3 Å². The second kappa shape index (κ2) is 7.88. The fourth-order valence-electron chi connectivity index (χ4n) is 2.25. The molecule has 1 amide bonds. The van der Waals surface area contributed by atoms with E-state index in [0.717, 1.165) is 18.4 Å². The monoisotopic (exact) mass is 248 g/mol. The minimum atomic E-state index is 0.181. The third-order valence-corrected chi connectivity index (χ3v) is 3.27. The first kappa shape index (κ1) is 14.7. The van der Waals surface area contributed by atoms with Crippen LogP contribution >= 0.6 is 0 Å². The van der Waals surface area contributed by atoms with Crippen molar-refractivity contribution in [1.82, 2.24) is 4.90 Å². The van der Waals surface area contributed by atoms with Crippen LogP contribution in [0.25, 0.3) is 0 Å². The third kappa shape index (κ3) is 4.15. The van der Waals surface area contributed by atoms with E-state index in [-0.39, 0.29) is 5.91 Å². The average molecular weight is 248 g/mol. The van der Waals surface area contributed by atoms with Crippen LogP contribution in [0, 0.1) is 0 Å². The van der Waals surface area contributed by atoms with Gasteiger partial charge in [-0.25, -0.2) is 0 Å². The highest BCUT2D eigenvalue weighted by Gasteiger charge is 2.20. The highest BCUT2D eigenvalue weighted by molar-refractivity contribution is 5.79. The Morgan fingerprint density at radius 2 is 1.83 bits per heavy atom. The Balaban J connectivity index is 2.70. The summed E-state index contributed by atoms with van der Waals surface area (Å²) >= 11 is 0. The van der Waals surface area contributed by atoms with Crippen molar-refractivity contribution in [3.8, 4) is 0 Å². The molecule has 1 rings (SSSR count). The summed E-state index contributed by atoms with van der Waals surface area (Å²) < 4.78 is 0. The zero-order valence-corrected chi connectivity index (χ0v) is 11.4. The Labute approximate surface area is 110 Å². The Bertz CT molecular complexity index is 347. The Morgan fingerprint density at radius 3 is 2.33 bits per heavy atom.